The first-order chi connectivity index (χ1) is 8.37. The molecule has 0 aliphatic heterocycles. The molecule has 0 fully saturated rings. The van der Waals surface area contributed by atoms with Crippen molar-refractivity contribution in [3.05, 3.63) is 15.1 Å². The maximum atomic E-state index is 4.69. The molecule has 0 saturated heterocycles. The van der Waals surface area contributed by atoms with Gasteiger partial charge >= 0.3 is 0 Å². The smallest absolute Gasteiger partial charge is 0.143 e. The second-order valence-corrected chi connectivity index (χ2v) is 8.03. The highest BCUT2D eigenvalue weighted by Gasteiger charge is 2.15. The summed E-state index contributed by atoms with van der Waals surface area (Å²) in [6.07, 6.45) is 2.13. The minimum Gasteiger partial charge on any atom is -0.372 e. The fourth-order valence-corrected chi connectivity index (χ4v) is 2.93. The molecule has 0 radical (unpaired) electrons. The molecule has 3 nitrogen and oxygen atoms in total. The van der Waals surface area contributed by atoms with E-state index in [0.717, 1.165) is 33.8 Å². The zero-order valence-corrected chi connectivity index (χ0v) is 14.8. The molecule has 18 heavy (non-hydrogen) atoms. The monoisotopic (exact) mass is 379 g/mol. The van der Waals surface area contributed by atoms with Gasteiger partial charge in [0, 0.05) is 11.8 Å². The SMILES string of the molecule is CCCc1nc(CSC(C)(C)C)nc(NC)c1I. The third-order valence-electron chi connectivity index (χ3n) is 2.32. The van der Waals surface area contributed by atoms with Gasteiger partial charge in [-0.25, -0.2) is 9.97 Å². The first kappa shape index (κ1) is 16.0. The Morgan fingerprint density at radius 3 is 2.44 bits per heavy atom. The summed E-state index contributed by atoms with van der Waals surface area (Å²) in [5, 5.41) is 3.16. The summed E-state index contributed by atoms with van der Waals surface area (Å²) in [5.74, 6) is 2.76. The summed E-state index contributed by atoms with van der Waals surface area (Å²) in [5.41, 5.74) is 1.17. The highest BCUT2D eigenvalue weighted by molar-refractivity contribution is 14.1. The number of rotatable bonds is 5. The minimum atomic E-state index is 0.247. The predicted octanol–water partition coefficient (Wildman–Crippen LogP) is 4.11. The van der Waals surface area contributed by atoms with E-state index in [0.29, 0.717) is 0 Å². The van der Waals surface area contributed by atoms with E-state index in [1.54, 1.807) is 0 Å². The molecule has 0 aliphatic carbocycles. The van der Waals surface area contributed by atoms with Crippen LogP contribution in [0.25, 0.3) is 0 Å². The normalized spacial score (nSPS) is 11.7. The predicted molar refractivity (Wildman–Crippen MR) is 89.3 cm³/mol. The number of aryl methyl sites for hydroxylation is 1. The number of hydrogen-bond donors (Lipinski definition) is 1. The Labute approximate surface area is 128 Å². The van der Waals surface area contributed by atoms with E-state index < -0.39 is 0 Å². The van der Waals surface area contributed by atoms with Crippen LogP contribution in [0.4, 0.5) is 5.82 Å². The van der Waals surface area contributed by atoms with Crippen LogP contribution in [-0.2, 0) is 12.2 Å². The number of nitrogens with zero attached hydrogens (tertiary/aromatic N) is 2. The first-order valence-corrected chi connectivity index (χ1v) is 8.30. The molecule has 0 aliphatic rings. The Morgan fingerprint density at radius 1 is 1.28 bits per heavy atom. The van der Waals surface area contributed by atoms with Crippen LogP contribution in [0, 0.1) is 3.57 Å². The van der Waals surface area contributed by atoms with Crippen LogP contribution >= 0.6 is 34.4 Å². The number of hydrogen-bond acceptors (Lipinski definition) is 4. The summed E-state index contributed by atoms with van der Waals surface area (Å²) in [7, 11) is 1.92. The Hall–Kier alpha value is -0.0400. The lowest BCUT2D eigenvalue weighted by molar-refractivity contribution is 0.797. The number of thioether (sulfide) groups is 1. The fourth-order valence-electron chi connectivity index (χ4n) is 1.46. The quantitative estimate of drug-likeness (QED) is 0.782. The van der Waals surface area contributed by atoms with Crippen LogP contribution in [-0.4, -0.2) is 21.8 Å². The van der Waals surface area contributed by atoms with E-state index in [-0.39, 0.29) is 4.75 Å². The van der Waals surface area contributed by atoms with Gasteiger partial charge in [0.1, 0.15) is 11.6 Å². The van der Waals surface area contributed by atoms with Crippen molar-refractivity contribution in [1.82, 2.24) is 9.97 Å². The van der Waals surface area contributed by atoms with Crippen molar-refractivity contribution in [2.75, 3.05) is 12.4 Å². The molecule has 0 amide bonds. The van der Waals surface area contributed by atoms with Crippen molar-refractivity contribution >= 4 is 40.2 Å². The minimum absolute atomic E-state index is 0.247. The van der Waals surface area contributed by atoms with Crippen molar-refractivity contribution < 1.29 is 0 Å². The maximum absolute atomic E-state index is 4.69. The van der Waals surface area contributed by atoms with Crippen LogP contribution < -0.4 is 5.32 Å². The number of anilines is 1. The van der Waals surface area contributed by atoms with Gasteiger partial charge in [-0.1, -0.05) is 34.1 Å². The molecule has 1 aromatic rings. The molecule has 1 N–H and O–H groups in total. The largest absolute Gasteiger partial charge is 0.372 e. The lowest BCUT2D eigenvalue weighted by Crippen LogP contribution is -2.11. The molecule has 1 rings (SSSR count). The lowest BCUT2D eigenvalue weighted by atomic mass is 10.2. The van der Waals surface area contributed by atoms with E-state index >= 15 is 0 Å². The molecule has 0 saturated carbocycles. The Kier molecular flexibility index (Phi) is 6.17. The van der Waals surface area contributed by atoms with Gasteiger partial charge in [0.05, 0.1) is 15.0 Å². The average molecular weight is 379 g/mol. The number of aromatic nitrogens is 2. The van der Waals surface area contributed by atoms with Crippen molar-refractivity contribution in [2.24, 2.45) is 0 Å². The van der Waals surface area contributed by atoms with E-state index in [2.05, 4.69) is 60.6 Å². The molecular weight excluding hydrogens is 357 g/mol. The third kappa shape index (κ3) is 4.91. The van der Waals surface area contributed by atoms with Crippen LogP contribution in [0.5, 0.6) is 0 Å². The molecule has 0 aromatic carbocycles. The van der Waals surface area contributed by atoms with Gasteiger partial charge in [-0.05, 0) is 29.0 Å². The van der Waals surface area contributed by atoms with E-state index in [1.165, 1.54) is 5.69 Å². The summed E-state index contributed by atoms with van der Waals surface area (Å²) in [6, 6.07) is 0. The maximum Gasteiger partial charge on any atom is 0.143 e. The highest BCUT2D eigenvalue weighted by Crippen LogP contribution is 2.27. The number of halogens is 1. The van der Waals surface area contributed by atoms with Crippen LogP contribution in [0.3, 0.4) is 0 Å². The summed E-state index contributed by atoms with van der Waals surface area (Å²) >= 11 is 4.21. The molecule has 0 bridgehead atoms. The van der Waals surface area contributed by atoms with Crippen molar-refractivity contribution in [3.8, 4) is 0 Å². The van der Waals surface area contributed by atoms with Gasteiger partial charge in [0.15, 0.2) is 0 Å². The average Bonchev–Trinajstić information content (AvgIpc) is 2.29. The standard InChI is InChI=1S/C13H22IN3S/c1-6-7-9-11(14)12(15-5)17-10(16-9)8-18-13(2,3)4/h6-8H2,1-5H3,(H,15,16,17). The molecule has 1 heterocycles. The van der Waals surface area contributed by atoms with E-state index in [1.807, 2.05) is 18.8 Å². The van der Waals surface area contributed by atoms with Gasteiger partial charge < -0.3 is 5.32 Å². The molecule has 1 aromatic heterocycles. The zero-order chi connectivity index (χ0) is 13.8. The molecular formula is C13H22IN3S. The van der Waals surface area contributed by atoms with Gasteiger partial charge in [0.2, 0.25) is 0 Å². The van der Waals surface area contributed by atoms with Crippen molar-refractivity contribution in [2.45, 2.75) is 51.0 Å². The van der Waals surface area contributed by atoms with E-state index in [9.17, 15) is 0 Å². The van der Waals surface area contributed by atoms with Gasteiger partial charge in [-0.3, -0.25) is 0 Å². The van der Waals surface area contributed by atoms with Gasteiger partial charge in [-0.15, -0.1) is 11.8 Å². The van der Waals surface area contributed by atoms with Gasteiger partial charge in [-0.2, -0.15) is 0 Å². The Balaban J connectivity index is 2.95. The first-order valence-electron chi connectivity index (χ1n) is 6.24. The highest BCUT2D eigenvalue weighted by atomic mass is 127. The Morgan fingerprint density at radius 2 is 1.94 bits per heavy atom. The van der Waals surface area contributed by atoms with Crippen LogP contribution in [0.2, 0.25) is 0 Å². The molecule has 5 heteroatoms. The zero-order valence-electron chi connectivity index (χ0n) is 11.8. The number of nitrogens with one attached hydrogen (secondary N) is 1. The van der Waals surface area contributed by atoms with Gasteiger partial charge in [0.25, 0.3) is 0 Å². The molecule has 102 valence electrons. The second kappa shape index (κ2) is 6.93. The summed E-state index contributed by atoms with van der Waals surface area (Å²) in [4.78, 5) is 9.28. The Bertz CT molecular complexity index is 402. The molecule has 0 spiro atoms. The van der Waals surface area contributed by atoms with Crippen LogP contribution in [0.1, 0.15) is 45.6 Å². The molecule has 0 atom stereocenters. The van der Waals surface area contributed by atoms with Crippen LogP contribution in [0.15, 0.2) is 0 Å². The van der Waals surface area contributed by atoms with Crippen molar-refractivity contribution in [1.29, 1.82) is 0 Å². The fraction of sp³-hybridized carbons (Fsp3) is 0.692. The molecule has 0 unspecified atom stereocenters. The van der Waals surface area contributed by atoms with E-state index in [4.69, 9.17) is 4.98 Å². The van der Waals surface area contributed by atoms with Crippen molar-refractivity contribution in [3.63, 3.8) is 0 Å². The topological polar surface area (TPSA) is 37.8 Å². The lowest BCUT2D eigenvalue weighted by Gasteiger charge is -2.17. The summed E-state index contributed by atoms with van der Waals surface area (Å²) < 4.78 is 1.40. The summed E-state index contributed by atoms with van der Waals surface area (Å²) in [6.45, 7) is 8.84. The third-order valence-corrected chi connectivity index (χ3v) is 4.73. The second-order valence-electron chi connectivity index (χ2n) is 5.15.